The van der Waals surface area contributed by atoms with E-state index in [2.05, 4.69) is 4.98 Å². The molecule has 0 atom stereocenters. The second kappa shape index (κ2) is 7.58. The first kappa shape index (κ1) is 20.7. The lowest BCUT2D eigenvalue weighted by Crippen LogP contribution is -2.55. The van der Waals surface area contributed by atoms with Gasteiger partial charge in [0.05, 0.1) is 5.69 Å². The Morgan fingerprint density at radius 2 is 1.35 bits per heavy atom. The Morgan fingerprint density at radius 1 is 0.806 bits per heavy atom. The molecule has 7 nitrogen and oxygen atoms in total. The van der Waals surface area contributed by atoms with Crippen LogP contribution in [0.2, 0.25) is 0 Å². The normalized spacial score (nSPS) is 15.7. The number of anilines is 1. The molecule has 2 amide bonds. The average Bonchev–Trinajstić information content (AvgIpc) is 3.16. The van der Waals surface area contributed by atoms with Gasteiger partial charge in [-0.2, -0.15) is 0 Å². The molecule has 2 aromatic carbocycles. The maximum Gasteiger partial charge on any atom is 0.302 e. The number of carbonyl (C=O) groups excluding carboxylic acids is 4. The van der Waals surface area contributed by atoms with Crippen molar-refractivity contribution in [3.63, 3.8) is 0 Å². The van der Waals surface area contributed by atoms with Crippen LogP contribution in [0.15, 0.2) is 46.9 Å². The molecule has 1 saturated heterocycles. The van der Waals surface area contributed by atoms with Gasteiger partial charge >= 0.3 is 11.8 Å². The summed E-state index contributed by atoms with van der Waals surface area (Å²) in [5, 5.41) is 0. The molecular formula is C24H22N2O5. The lowest BCUT2D eigenvalue weighted by molar-refractivity contribution is -0.149. The van der Waals surface area contributed by atoms with Crippen molar-refractivity contribution in [2.24, 2.45) is 0 Å². The molecule has 4 rings (SSSR count). The molecule has 1 aliphatic rings. The Labute approximate surface area is 179 Å². The minimum atomic E-state index is -1.67. The minimum Gasteiger partial charge on any atom is -0.439 e. The molecule has 0 bridgehead atoms. The van der Waals surface area contributed by atoms with Crippen LogP contribution in [-0.2, 0) is 19.2 Å². The molecule has 2 heterocycles. The van der Waals surface area contributed by atoms with E-state index in [1.54, 1.807) is 36.4 Å². The van der Waals surface area contributed by atoms with Gasteiger partial charge in [-0.3, -0.25) is 19.2 Å². The Balaban J connectivity index is 1.83. The van der Waals surface area contributed by atoms with Gasteiger partial charge in [0.2, 0.25) is 17.5 Å². The third-order valence-electron chi connectivity index (χ3n) is 5.48. The first-order valence-corrected chi connectivity index (χ1v) is 10.2. The number of aromatic nitrogens is 1. The van der Waals surface area contributed by atoms with E-state index in [1.807, 2.05) is 33.8 Å². The van der Waals surface area contributed by atoms with Crippen LogP contribution in [0, 0.1) is 0 Å². The number of hydrogen-bond donors (Lipinski definition) is 0. The van der Waals surface area contributed by atoms with Crippen LogP contribution in [0.3, 0.4) is 0 Å². The lowest BCUT2D eigenvalue weighted by Gasteiger charge is -2.31. The molecule has 7 heteroatoms. The van der Waals surface area contributed by atoms with E-state index in [9.17, 15) is 19.2 Å². The van der Waals surface area contributed by atoms with Crippen LogP contribution in [0.5, 0.6) is 0 Å². The number of ketones is 2. The van der Waals surface area contributed by atoms with Crippen LogP contribution in [0.25, 0.3) is 11.1 Å². The molecule has 0 unspecified atom stereocenters. The molecular weight excluding hydrogens is 396 g/mol. The van der Waals surface area contributed by atoms with Gasteiger partial charge in [-0.05, 0) is 35.1 Å². The summed E-state index contributed by atoms with van der Waals surface area (Å²) in [6.45, 7) is 7.69. The van der Waals surface area contributed by atoms with Crippen LogP contribution in [0.1, 0.15) is 62.5 Å². The molecule has 1 aliphatic heterocycles. The van der Waals surface area contributed by atoms with Crippen molar-refractivity contribution in [1.29, 1.82) is 0 Å². The second-order valence-electron chi connectivity index (χ2n) is 8.22. The highest BCUT2D eigenvalue weighted by Gasteiger charge is 2.51. The largest absolute Gasteiger partial charge is 0.439 e. The first-order chi connectivity index (χ1) is 14.7. The van der Waals surface area contributed by atoms with Gasteiger partial charge < -0.3 is 4.42 Å². The van der Waals surface area contributed by atoms with E-state index in [0.717, 1.165) is 4.90 Å². The SMILES string of the molecule is CC(C)c1cccc(C(C)C)c1N1C(=O)C(=O)C(c2nc3ccccc3o2)C(=O)C1=O. The molecule has 0 aliphatic carbocycles. The molecule has 1 aromatic heterocycles. The molecule has 31 heavy (non-hydrogen) atoms. The lowest BCUT2D eigenvalue weighted by atomic mass is 9.87. The molecule has 0 spiro atoms. The summed E-state index contributed by atoms with van der Waals surface area (Å²) in [4.78, 5) is 57.3. The predicted octanol–water partition coefficient (Wildman–Crippen LogP) is 3.87. The minimum absolute atomic E-state index is 0.0331. The van der Waals surface area contributed by atoms with Gasteiger partial charge in [0.1, 0.15) is 5.52 Å². The standard InChI is InChI=1S/C24H22N2O5/c1-12(2)14-8-7-9-15(13(3)4)19(14)26-23(29)20(27)18(21(28)24(26)30)22-25-16-10-5-6-11-17(16)31-22/h5-13,18H,1-4H3. The Morgan fingerprint density at radius 3 is 1.87 bits per heavy atom. The fraction of sp³-hybridized carbons (Fsp3) is 0.292. The summed E-state index contributed by atoms with van der Waals surface area (Å²) < 4.78 is 5.53. The number of fused-ring (bicyclic) bond motifs is 1. The number of oxazole rings is 1. The first-order valence-electron chi connectivity index (χ1n) is 10.2. The van der Waals surface area contributed by atoms with Crippen LogP contribution in [-0.4, -0.2) is 28.4 Å². The zero-order valence-corrected chi connectivity index (χ0v) is 17.7. The summed E-state index contributed by atoms with van der Waals surface area (Å²) in [5.74, 6) is -6.12. The average molecular weight is 418 g/mol. The highest BCUT2D eigenvalue weighted by molar-refractivity contribution is 6.66. The second-order valence-corrected chi connectivity index (χ2v) is 8.22. The highest BCUT2D eigenvalue weighted by atomic mass is 16.4. The van der Waals surface area contributed by atoms with Crippen molar-refractivity contribution in [3.05, 3.63) is 59.5 Å². The van der Waals surface area contributed by atoms with Crippen molar-refractivity contribution >= 4 is 40.2 Å². The zero-order valence-electron chi connectivity index (χ0n) is 17.7. The molecule has 1 fully saturated rings. The summed E-state index contributed by atoms with van der Waals surface area (Å²) in [6.07, 6.45) is 0. The smallest absolute Gasteiger partial charge is 0.302 e. The number of Topliss-reactive ketones (excluding diaryl/α,β-unsaturated/α-hetero) is 2. The van der Waals surface area contributed by atoms with E-state index in [4.69, 9.17) is 4.42 Å². The number of imide groups is 1. The summed E-state index contributed by atoms with van der Waals surface area (Å²) in [7, 11) is 0. The zero-order chi connectivity index (χ0) is 22.4. The van der Waals surface area contributed by atoms with Crippen LogP contribution in [0.4, 0.5) is 5.69 Å². The van der Waals surface area contributed by atoms with Crippen LogP contribution < -0.4 is 4.90 Å². The number of hydrogen-bond acceptors (Lipinski definition) is 6. The number of piperidine rings is 1. The predicted molar refractivity (Wildman–Crippen MR) is 114 cm³/mol. The number of carbonyl (C=O) groups is 4. The van der Waals surface area contributed by atoms with Gasteiger partial charge in [-0.25, -0.2) is 9.88 Å². The summed E-state index contributed by atoms with van der Waals surface area (Å²) >= 11 is 0. The summed E-state index contributed by atoms with van der Waals surface area (Å²) in [6, 6.07) is 12.2. The Bertz CT molecular complexity index is 1150. The number of nitrogens with zero attached hydrogens (tertiary/aromatic N) is 2. The maximum absolute atomic E-state index is 13.2. The van der Waals surface area contributed by atoms with E-state index in [1.165, 1.54) is 0 Å². The number of amides is 2. The molecule has 0 radical (unpaired) electrons. The van der Waals surface area contributed by atoms with Crippen LogP contribution >= 0.6 is 0 Å². The fourth-order valence-corrected chi connectivity index (χ4v) is 3.89. The van der Waals surface area contributed by atoms with E-state index in [0.29, 0.717) is 27.9 Å². The van der Waals surface area contributed by atoms with Crippen molar-refractivity contribution in [2.45, 2.75) is 45.4 Å². The highest BCUT2D eigenvalue weighted by Crippen LogP contribution is 2.38. The molecule has 0 saturated carbocycles. The van der Waals surface area contributed by atoms with Crippen molar-refractivity contribution in [2.75, 3.05) is 4.90 Å². The molecule has 158 valence electrons. The molecule has 0 N–H and O–H groups in total. The van der Waals surface area contributed by atoms with Crippen molar-refractivity contribution in [1.82, 2.24) is 4.98 Å². The maximum atomic E-state index is 13.2. The van der Waals surface area contributed by atoms with Gasteiger partial charge in [0, 0.05) is 0 Å². The third kappa shape index (κ3) is 3.26. The van der Waals surface area contributed by atoms with E-state index >= 15 is 0 Å². The number of para-hydroxylation sites is 3. The monoisotopic (exact) mass is 418 g/mol. The number of rotatable bonds is 4. The quantitative estimate of drug-likeness (QED) is 0.362. The van der Waals surface area contributed by atoms with Gasteiger partial charge in [-0.1, -0.05) is 58.0 Å². The van der Waals surface area contributed by atoms with Crippen molar-refractivity contribution in [3.8, 4) is 0 Å². The topological polar surface area (TPSA) is 97.6 Å². The van der Waals surface area contributed by atoms with Gasteiger partial charge in [-0.15, -0.1) is 0 Å². The van der Waals surface area contributed by atoms with E-state index in [-0.39, 0.29) is 17.7 Å². The Kier molecular flexibility index (Phi) is 5.05. The summed E-state index contributed by atoms with van der Waals surface area (Å²) in [5.41, 5.74) is 2.56. The third-order valence-corrected chi connectivity index (χ3v) is 5.48. The van der Waals surface area contributed by atoms with E-state index < -0.39 is 29.3 Å². The van der Waals surface area contributed by atoms with Gasteiger partial charge in [0.15, 0.2) is 11.5 Å². The molecule has 3 aromatic rings. The van der Waals surface area contributed by atoms with Crippen molar-refractivity contribution < 1.29 is 23.6 Å². The Hall–Kier alpha value is -3.61. The number of benzene rings is 2. The fourth-order valence-electron chi connectivity index (χ4n) is 3.89. The van der Waals surface area contributed by atoms with Gasteiger partial charge in [0.25, 0.3) is 0 Å².